The first-order valence-electron chi connectivity index (χ1n) is 5.59. The summed E-state index contributed by atoms with van der Waals surface area (Å²) in [5, 5.41) is 11.5. The third kappa shape index (κ3) is 2.52. The number of hydrogen-bond acceptors (Lipinski definition) is 4. The molecule has 0 aliphatic carbocycles. The van der Waals surface area contributed by atoms with Crippen molar-refractivity contribution in [2.75, 3.05) is 13.2 Å². The fourth-order valence-electron chi connectivity index (χ4n) is 1.99. The van der Waals surface area contributed by atoms with Gasteiger partial charge in [-0.05, 0) is 35.6 Å². The molecular weight excluding hydrogens is 228 g/mol. The van der Waals surface area contributed by atoms with Gasteiger partial charge in [0.25, 0.3) is 0 Å². The molecule has 2 heterocycles. The van der Waals surface area contributed by atoms with E-state index >= 15 is 0 Å². The van der Waals surface area contributed by atoms with E-state index in [0.29, 0.717) is 0 Å². The van der Waals surface area contributed by atoms with E-state index in [2.05, 4.69) is 22.4 Å². The van der Waals surface area contributed by atoms with Crippen LogP contribution in [0.1, 0.15) is 37.9 Å². The van der Waals surface area contributed by atoms with Crippen molar-refractivity contribution >= 4 is 11.6 Å². The Labute approximate surface area is 100 Å². The lowest BCUT2D eigenvalue weighted by atomic mass is 9.82. The Bertz CT molecular complexity index is 346. The molecule has 2 rings (SSSR count). The zero-order valence-corrected chi connectivity index (χ0v) is 10.4. The van der Waals surface area contributed by atoms with Crippen molar-refractivity contribution in [2.24, 2.45) is 5.41 Å². The summed E-state index contributed by atoms with van der Waals surface area (Å²) >= 11 is 6.02. The van der Waals surface area contributed by atoms with E-state index in [0.717, 1.165) is 38.4 Å². The highest BCUT2D eigenvalue weighted by Crippen LogP contribution is 2.32. The van der Waals surface area contributed by atoms with E-state index in [9.17, 15) is 0 Å². The molecule has 1 aromatic heterocycles. The summed E-state index contributed by atoms with van der Waals surface area (Å²) in [5.41, 5.74) is 0.216. The highest BCUT2D eigenvalue weighted by Gasteiger charge is 2.29. The van der Waals surface area contributed by atoms with Crippen molar-refractivity contribution in [1.82, 2.24) is 20.2 Å². The molecule has 1 saturated heterocycles. The van der Waals surface area contributed by atoms with Crippen molar-refractivity contribution in [3.8, 4) is 0 Å². The number of tetrazole rings is 1. The summed E-state index contributed by atoms with van der Waals surface area (Å²) in [7, 11) is 0. The SMILES string of the molecule is CC(Cl)c1nnnn1CC1(C)CCOCC1. The van der Waals surface area contributed by atoms with Crippen molar-refractivity contribution in [2.45, 2.75) is 38.6 Å². The first-order chi connectivity index (χ1) is 7.61. The number of aromatic nitrogens is 4. The van der Waals surface area contributed by atoms with E-state index in [4.69, 9.17) is 16.3 Å². The molecule has 0 spiro atoms. The second-order valence-electron chi connectivity index (χ2n) is 4.73. The third-order valence-corrected chi connectivity index (χ3v) is 3.34. The molecule has 0 saturated carbocycles. The normalized spacial score (nSPS) is 21.9. The molecule has 1 atom stereocenters. The van der Waals surface area contributed by atoms with E-state index in [-0.39, 0.29) is 10.8 Å². The predicted octanol–water partition coefficient (Wildman–Crippen LogP) is 1.79. The topological polar surface area (TPSA) is 52.8 Å². The zero-order chi connectivity index (χ0) is 11.6. The molecule has 6 heteroatoms. The van der Waals surface area contributed by atoms with E-state index in [1.807, 2.05) is 11.6 Å². The molecule has 0 amide bonds. The van der Waals surface area contributed by atoms with Gasteiger partial charge >= 0.3 is 0 Å². The van der Waals surface area contributed by atoms with Crippen LogP contribution in [-0.2, 0) is 11.3 Å². The van der Waals surface area contributed by atoms with Gasteiger partial charge in [-0.2, -0.15) is 0 Å². The van der Waals surface area contributed by atoms with Crippen LogP contribution in [0.3, 0.4) is 0 Å². The Kier molecular flexibility index (Phi) is 3.44. The van der Waals surface area contributed by atoms with Crippen molar-refractivity contribution < 1.29 is 4.74 Å². The standard InChI is InChI=1S/C10H17ClN4O/c1-8(11)9-12-13-14-15(9)7-10(2)3-5-16-6-4-10/h8H,3-7H2,1-2H3. The average Bonchev–Trinajstić information content (AvgIpc) is 2.66. The highest BCUT2D eigenvalue weighted by atomic mass is 35.5. The molecule has 90 valence electrons. The lowest BCUT2D eigenvalue weighted by molar-refractivity contribution is 0.0132. The fourth-order valence-corrected chi connectivity index (χ4v) is 2.15. The van der Waals surface area contributed by atoms with Crippen molar-refractivity contribution in [1.29, 1.82) is 0 Å². The second kappa shape index (κ2) is 4.67. The third-order valence-electron chi connectivity index (χ3n) is 3.15. The van der Waals surface area contributed by atoms with Gasteiger partial charge in [0.2, 0.25) is 0 Å². The van der Waals surface area contributed by atoms with Gasteiger partial charge in [0, 0.05) is 13.2 Å². The molecule has 0 N–H and O–H groups in total. The molecule has 0 radical (unpaired) electrons. The Morgan fingerprint density at radius 1 is 1.50 bits per heavy atom. The second-order valence-corrected chi connectivity index (χ2v) is 5.39. The van der Waals surface area contributed by atoms with Gasteiger partial charge in [0.05, 0.1) is 11.9 Å². The Morgan fingerprint density at radius 3 is 2.81 bits per heavy atom. The molecule has 0 bridgehead atoms. The largest absolute Gasteiger partial charge is 0.381 e. The lowest BCUT2D eigenvalue weighted by Gasteiger charge is -2.33. The van der Waals surface area contributed by atoms with Gasteiger partial charge in [0.15, 0.2) is 5.82 Å². The highest BCUT2D eigenvalue weighted by molar-refractivity contribution is 6.20. The first kappa shape index (κ1) is 11.8. The molecule has 1 aliphatic rings. The van der Waals surface area contributed by atoms with Crippen LogP contribution < -0.4 is 0 Å². The fraction of sp³-hybridized carbons (Fsp3) is 0.900. The minimum absolute atomic E-state index is 0.154. The monoisotopic (exact) mass is 244 g/mol. The maximum Gasteiger partial charge on any atom is 0.168 e. The number of rotatable bonds is 3. The summed E-state index contributed by atoms with van der Waals surface area (Å²) in [5.74, 6) is 0.745. The van der Waals surface area contributed by atoms with Crippen LogP contribution in [0.4, 0.5) is 0 Å². The molecule has 1 unspecified atom stereocenters. The van der Waals surface area contributed by atoms with Crippen LogP contribution in [0.5, 0.6) is 0 Å². The molecule has 0 aromatic carbocycles. The molecule has 1 aliphatic heterocycles. The number of halogens is 1. The first-order valence-corrected chi connectivity index (χ1v) is 6.02. The van der Waals surface area contributed by atoms with Crippen molar-refractivity contribution in [3.05, 3.63) is 5.82 Å². The average molecular weight is 245 g/mol. The zero-order valence-electron chi connectivity index (χ0n) is 9.69. The van der Waals surface area contributed by atoms with Gasteiger partial charge in [-0.1, -0.05) is 6.92 Å². The molecule has 1 fully saturated rings. The summed E-state index contributed by atoms with van der Waals surface area (Å²) in [6.45, 7) is 6.60. The summed E-state index contributed by atoms with van der Waals surface area (Å²) in [6, 6.07) is 0. The molecular formula is C10H17ClN4O. The van der Waals surface area contributed by atoms with Crippen LogP contribution >= 0.6 is 11.6 Å². The summed E-state index contributed by atoms with van der Waals surface area (Å²) < 4.78 is 7.20. The van der Waals surface area contributed by atoms with Crippen LogP contribution in [0.15, 0.2) is 0 Å². The van der Waals surface area contributed by atoms with Crippen LogP contribution in [-0.4, -0.2) is 33.4 Å². The minimum Gasteiger partial charge on any atom is -0.381 e. The van der Waals surface area contributed by atoms with Gasteiger partial charge < -0.3 is 4.74 Å². The summed E-state index contributed by atoms with van der Waals surface area (Å²) in [4.78, 5) is 0. The quantitative estimate of drug-likeness (QED) is 0.761. The maximum absolute atomic E-state index is 6.02. The predicted molar refractivity (Wildman–Crippen MR) is 60.2 cm³/mol. The maximum atomic E-state index is 6.02. The summed E-state index contributed by atoms with van der Waals surface area (Å²) in [6.07, 6.45) is 2.09. The van der Waals surface area contributed by atoms with Crippen LogP contribution in [0.25, 0.3) is 0 Å². The van der Waals surface area contributed by atoms with Crippen molar-refractivity contribution in [3.63, 3.8) is 0 Å². The van der Waals surface area contributed by atoms with Gasteiger partial charge in [-0.3, -0.25) is 0 Å². The number of hydrogen-bond donors (Lipinski definition) is 0. The van der Waals surface area contributed by atoms with Gasteiger partial charge in [-0.15, -0.1) is 16.7 Å². The number of alkyl halides is 1. The van der Waals surface area contributed by atoms with Gasteiger partial charge in [-0.25, -0.2) is 4.68 Å². The lowest BCUT2D eigenvalue weighted by Crippen LogP contribution is -2.32. The smallest absolute Gasteiger partial charge is 0.168 e. The molecule has 16 heavy (non-hydrogen) atoms. The van der Waals surface area contributed by atoms with Crippen LogP contribution in [0, 0.1) is 5.41 Å². The van der Waals surface area contributed by atoms with E-state index in [1.165, 1.54) is 0 Å². The Balaban J connectivity index is 2.10. The number of ether oxygens (including phenoxy) is 1. The minimum atomic E-state index is -0.154. The molecule has 5 nitrogen and oxygen atoms in total. The number of nitrogens with zero attached hydrogens (tertiary/aromatic N) is 4. The van der Waals surface area contributed by atoms with E-state index in [1.54, 1.807) is 0 Å². The Hall–Kier alpha value is -0.680. The van der Waals surface area contributed by atoms with Gasteiger partial charge in [0.1, 0.15) is 0 Å². The Morgan fingerprint density at radius 2 is 2.19 bits per heavy atom. The van der Waals surface area contributed by atoms with E-state index < -0.39 is 0 Å². The molecule has 1 aromatic rings. The van der Waals surface area contributed by atoms with Crippen LogP contribution in [0.2, 0.25) is 0 Å².